The fourth-order valence-electron chi connectivity index (χ4n) is 7.98. The molecule has 3 aliphatic carbocycles. The van der Waals surface area contributed by atoms with Gasteiger partial charge >= 0.3 is 0 Å². The number of nitrogens with zero attached hydrogens (tertiary/aromatic N) is 2. The molecule has 0 radical (unpaired) electrons. The molecule has 5 nitrogen and oxygen atoms in total. The molecule has 8 atom stereocenters. The second-order valence-corrected chi connectivity index (χ2v) is 10.6. The average Bonchev–Trinajstić information content (AvgIpc) is 2.97. The van der Waals surface area contributed by atoms with Crippen LogP contribution < -0.4 is 0 Å². The highest BCUT2D eigenvalue weighted by atomic mass is 16.5. The summed E-state index contributed by atoms with van der Waals surface area (Å²) in [5.41, 5.74) is 0.113. The lowest BCUT2D eigenvalue weighted by atomic mass is 9.48. The molecule has 5 rings (SSSR count). The zero-order valence-electron chi connectivity index (χ0n) is 17.6. The Morgan fingerprint density at radius 3 is 2.64 bits per heavy atom. The predicted molar refractivity (Wildman–Crippen MR) is 108 cm³/mol. The van der Waals surface area contributed by atoms with Crippen molar-refractivity contribution in [2.45, 2.75) is 64.1 Å². The van der Waals surface area contributed by atoms with Crippen molar-refractivity contribution in [1.29, 1.82) is 0 Å². The number of ether oxygens (including phenoxy) is 1. The van der Waals surface area contributed by atoms with Crippen LogP contribution in [-0.2, 0) is 9.53 Å². The van der Waals surface area contributed by atoms with E-state index in [0.717, 1.165) is 45.6 Å². The Labute approximate surface area is 169 Å². The lowest BCUT2D eigenvalue weighted by Gasteiger charge is -2.59. The van der Waals surface area contributed by atoms with Crippen LogP contribution >= 0.6 is 0 Å². The molecule has 5 heteroatoms. The first-order chi connectivity index (χ1) is 13.4. The molecule has 5 aliphatic rings. The summed E-state index contributed by atoms with van der Waals surface area (Å²) in [5, 5.41) is 11.4. The van der Waals surface area contributed by atoms with Crippen LogP contribution in [0.1, 0.15) is 46.0 Å². The Hall–Kier alpha value is -0.910. The molecular weight excluding hydrogens is 352 g/mol. The van der Waals surface area contributed by atoms with Gasteiger partial charge in [0, 0.05) is 37.6 Å². The maximum absolute atomic E-state index is 12.2. The first-order valence-corrected chi connectivity index (χ1v) is 11.3. The van der Waals surface area contributed by atoms with Crippen LogP contribution in [0, 0.1) is 28.6 Å². The summed E-state index contributed by atoms with van der Waals surface area (Å²) in [6, 6.07) is 0.617. The van der Waals surface area contributed by atoms with Crippen molar-refractivity contribution in [3.05, 3.63) is 12.2 Å². The lowest BCUT2D eigenvalue weighted by Crippen LogP contribution is -2.59. The van der Waals surface area contributed by atoms with Crippen molar-refractivity contribution in [3.63, 3.8) is 0 Å². The second-order valence-electron chi connectivity index (χ2n) is 10.6. The number of carbonyl (C=O) groups is 1. The summed E-state index contributed by atoms with van der Waals surface area (Å²) < 4.78 is 5.55. The molecule has 156 valence electrons. The van der Waals surface area contributed by atoms with Crippen molar-refractivity contribution < 1.29 is 14.6 Å². The lowest BCUT2D eigenvalue weighted by molar-refractivity contribution is -0.140. The number of hydrogen-bond donors (Lipinski definition) is 1. The molecule has 0 spiro atoms. The number of likely N-dealkylation sites (N-methyl/N-ethyl adjacent to an activating group) is 1. The van der Waals surface area contributed by atoms with Gasteiger partial charge in [-0.2, -0.15) is 0 Å². The third-order valence-corrected chi connectivity index (χ3v) is 9.62. The van der Waals surface area contributed by atoms with Crippen LogP contribution in [0.2, 0.25) is 0 Å². The molecule has 0 aromatic heterocycles. The van der Waals surface area contributed by atoms with E-state index in [2.05, 4.69) is 24.8 Å². The normalized spacial score (nSPS) is 51.6. The molecule has 28 heavy (non-hydrogen) atoms. The van der Waals surface area contributed by atoms with Gasteiger partial charge in [0.25, 0.3) is 0 Å². The minimum atomic E-state index is -0.228. The van der Waals surface area contributed by atoms with Gasteiger partial charge < -0.3 is 14.7 Å². The van der Waals surface area contributed by atoms with Gasteiger partial charge in [0.1, 0.15) is 0 Å². The largest absolute Gasteiger partial charge is 0.391 e. The van der Waals surface area contributed by atoms with E-state index in [9.17, 15) is 9.90 Å². The van der Waals surface area contributed by atoms with E-state index in [-0.39, 0.29) is 28.9 Å². The van der Waals surface area contributed by atoms with Gasteiger partial charge in [-0.25, -0.2) is 0 Å². The van der Waals surface area contributed by atoms with E-state index in [4.69, 9.17) is 4.74 Å². The molecule has 2 aliphatic heterocycles. The van der Waals surface area contributed by atoms with E-state index >= 15 is 0 Å². The number of aliphatic hydroxyl groups excluding tert-OH is 1. The molecule has 1 amide bonds. The van der Waals surface area contributed by atoms with E-state index in [1.54, 1.807) is 0 Å². The fourth-order valence-corrected chi connectivity index (χ4v) is 7.98. The minimum absolute atomic E-state index is 0.0352. The van der Waals surface area contributed by atoms with Crippen molar-refractivity contribution >= 4 is 5.91 Å². The van der Waals surface area contributed by atoms with E-state index in [0.29, 0.717) is 23.8 Å². The maximum Gasteiger partial charge on any atom is 0.246 e. The van der Waals surface area contributed by atoms with Gasteiger partial charge in [0.05, 0.1) is 19.3 Å². The number of rotatable bonds is 1. The Morgan fingerprint density at radius 2 is 1.89 bits per heavy atom. The van der Waals surface area contributed by atoms with Crippen molar-refractivity contribution in [1.82, 2.24) is 9.80 Å². The molecular formula is C23H36N2O3. The highest BCUT2D eigenvalue weighted by Crippen LogP contribution is 2.64. The minimum Gasteiger partial charge on any atom is -0.391 e. The molecule has 0 aromatic rings. The Kier molecular flexibility index (Phi) is 4.46. The second kappa shape index (κ2) is 6.55. The van der Waals surface area contributed by atoms with Crippen LogP contribution in [-0.4, -0.2) is 72.4 Å². The van der Waals surface area contributed by atoms with Crippen molar-refractivity contribution in [3.8, 4) is 0 Å². The topological polar surface area (TPSA) is 53.0 Å². The van der Waals surface area contributed by atoms with Crippen molar-refractivity contribution in [2.24, 2.45) is 28.6 Å². The summed E-state index contributed by atoms with van der Waals surface area (Å²) in [4.78, 5) is 16.7. The zero-order valence-corrected chi connectivity index (χ0v) is 17.6. The molecule has 0 bridgehead atoms. The fraction of sp³-hybridized carbons (Fsp3) is 0.870. The van der Waals surface area contributed by atoms with Gasteiger partial charge in [-0.15, -0.1) is 0 Å². The summed E-state index contributed by atoms with van der Waals surface area (Å²) in [7, 11) is 1.98. The Morgan fingerprint density at radius 1 is 1.14 bits per heavy atom. The third kappa shape index (κ3) is 2.51. The predicted octanol–water partition coefficient (Wildman–Crippen LogP) is 2.30. The number of fused-ring (bicyclic) bond motifs is 5. The number of aliphatic hydroxyl groups is 1. The zero-order chi connectivity index (χ0) is 19.7. The van der Waals surface area contributed by atoms with Gasteiger partial charge in [-0.05, 0) is 61.3 Å². The molecule has 3 saturated carbocycles. The smallest absolute Gasteiger partial charge is 0.246 e. The van der Waals surface area contributed by atoms with Gasteiger partial charge in [-0.1, -0.05) is 19.9 Å². The van der Waals surface area contributed by atoms with E-state index < -0.39 is 0 Å². The monoisotopic (exact) mass is 388 g/mol. The van der Waals surface area contributed by atoms with Gasteiger partial charge in [0.2, 0.25) is 5.91 Å². The highest BCUT2D eigenvalue weighted by Gasteiger charge is 2.62. The Bertz CT molecular complexity index is 675. The van der Waals surface area contributed by atoms with Crippen LogP contribution in [0.3, 0.4) is 0 Å². The van der Waals surface area contributed by atoms with Gasteiger partial charge in [-0.3, -0.25) is 9.69 Å². The maximum atomic E-state index is 12.2. The summed E-state index contributed by atoms with van der Waals surface area (Å²) >= 11 is 0. The molecule has 4 fully saturated rings. The SMILES string of the molecule is CN1C(=O)C=C[C@]2(C)C3CC[C@@]4(C)[C@@H](C[C@H](N5CCOCC5)[C@@H]4O)C3CC[C@@H]12. The first-order valence-electron chi connectivity index (χ1n) is 11.3. The van der Waals surface area contributed by atoms with Crippen LogP contribution in [0.15, 0.2) is 12.2 Å². The number of morpholine rings is 1. The number of carbonyl (C=O) groups excluding carboxylic acids is 1. The average molecular weight is 389 g/mol. The first kappa shape index (κ1) is 19.1. The number of amides is 1. The highest BCUT2D eigenvalue weighted by molar-refractivity contribution is 5.89. The molecule has 1 saturated heterocycles. The van der Waals surface area contributed by atoms with Gasteiger partial charge in [0.15, 0.2) is 0 Å². The molecule has 2 unspecified atom stereocenters. The quantitative estimate of drug-likeness (QED) is 0.749. The summed E-state index contributed by atoms with van der Waals surface area (Å²) in [6.07, 6.45) is 9.51. The van der Waals surface area contributed by atoms with Crippen LogP contribution in [0.5, 0.6) is 0 Å². The van der Waals surface area contributed by atoms with Crippen LogP contribution in [0.4, 0.5) is 0 Å². The molecule has 2 heterocycles. The summed E-state index contributed by atoms with van der Waals surface area (Å²) in [5.74, 6) is 2.02. The van der Waals surface area contributed by atoms with E-state index in [1.165, 1.54) is 12.8 Å². The number of hydrogen-bond acceptors (Lipinski definition) is 4. The molecule has 1 N–H and O–H groups in total. The standard InChI is InChI=1S/C23H36N2O3/c1-22-9-7-20(26)24(3)19(22)5-4-15-16(22)6-8-23(2)17(15)14-18(21(23)27)25-10-12-28-13-11-25/h7,9,15-19,21,27H,4-6,8,10-14H2,1-3H3/t15?,16?,17-,18-,19+,21-,22+,23-/m0/s1. The third-order valence-electron chi connectivity index (χ3n) is 9.62. The van der Waals surface area contributed by atoms with E-state index in [1.807, 2.05) is 18.0 Å². The molecule has 0 aromatic carbocycles. The Balaban J connectivity index is 1.43. The summed E-state index contributed by atoms with van der Waals surface area (Å²) in [6.45, 7) is 8.24. The van der Waals surface area contributed by atoms with Crippen LogP contribution in [0.25, 0.3) is 0 Å². The van der Waals surface area contributed by atoms with Crippen molar-refractivity contribution in [2.75, 3.05) is 33.4 Å².